The molecule has 1 aliphatic heterocycles. The predicted molar refractivity (Wildman–Crippen MR) is 60.9 cm³/mol. The number of nitrogens with zero attached hydrogens (tertiary/aromatic N) is 2. The number of nitrogens with one attached hydrogen (secondary N) is 2. The van der Waals surface area contributed by atoms with E-state index in [-0.39, 0.29) is 5.91 Å². The van der Waals surface area contributed by atoms with Crippen LogP contribution in [0.4, 0.5) is 5.69 Å². The lowest BCUT2D eigenvalue weighted by molar-refractivity contribution is -0.117. The monoisotopic (exact) mass is 220 g/mol. The highest BCUT2D eigenvalue weighted by molar-refractivity contribution is 5.90. The number of rotatable bonds is 3. The van der Waals surface area contributed by atoms with E-state index in [1.165, 1.54) is 6.33 Å². The number of anilines is 1. The van der Waals surface area contributed by atoms with Crippen molar-refractivity contribution in [3.63, 3.8) is 0 Å². The van der Waals surface area contributed by atoms with E-state index in [4.69, 9.17) is 0 Å². The van der Waals surface area contributed by atoms with Gasteiger partial charge in [-0.3, -0.25) is 4.79 Å². The largest absolute Gasteiger partial charge is 0.323 e. The van der Waals surface area contributed by atoms with Gasteiger partial charge in [-0.05, 0) is 31.8 Å². The summed E-state index contributed by atoms with van der Waals surface area (Å²) in [7, 11) is 0. The average Bonchev–Trinajstić information content (AvgIpc) is 2.31. The number of amides is 1. The Morgan fingerprint density at radius 1 is 1.50 bits per heavy atom. The van der Waals surface area contributed by atoms with Crippen molar-refractivity contribution in [2.45, 2.75) is 19.3 Å². The first-order chi connectivity index (χ1) is 7.84. The molecule has 0 saturated carbocycles. The lowest BCUT2D eigenvalue weighted by Gasteiger charge is -2.21. The van der Waals surface area contributed by atoms with Crippen LogP contribution in [-0.2, 0) is 4.79 Å². The summed E-state index contributed by atoms with van der Waals surface area (Å²) in [6.45, 7) is 2.02. The molecule has 0 radical (unpaired) electrons. The minimum Gasteiger partial charge on any atom is -0.323 e. The second kappa shape index (κ2) is 5.55. The van der Waals surface area contributed by atoms with E-state index >= 15 is 0 Å². The summed E-state index contributed by atoms with van der Waals surface area (Å²) in [5, 5.41) is 6.10. The molecule has 0 aromatic carbocycles. The highest BCUT2D eigenvalue weighted by Crippen LogP contribution is 2.14. The van der Waals surface area contributed by atoms with Crippen molar-refractivity contribution in [1.29, 1.82) is 0 Å². The fourth-order valence-electron chi connectivity index (χ4n) is 1.94. The molecule has 1 amide bonds. The molecule has 5 heteroatoms. The average molecular weight is 220 g/mol. The molecule has 16 heavy (non-hydrogen) atoms. The van der Waals surface area contributed by atoms with Crippen molar-refractivity contribution in [2.24, 2.45) is 5.92 Å². The lowest BCUT2D eigenvalue weighted by atomic mass is 9.96. The molecule has 1 atom stereocenters. The van der Waals surface area contributed by atoms with E-state index < -0.39 is 0 Å². The van der Waals surface area contributed by atoms with Gasteiger partial charge in [0.2, 0.25) is 5.91 Å². The van der Waals surface area contributed by atoms with E-state index in [0.717, 1.165) is 25.9 Å². The molecule has 0 aliphatic carbocycles. The maximum Gasteiger partial charge on any atom is 0.224 e. The van der Waals surface area contributed by atoms with Gasteiger partial charge in [-0.1, -0.05) is 0 Å². The number of piperidine rings is 1. The minimum absolute atomic E-state index is 0.0449. The highest BCUT2D eigenvalue weighted by atomic mass is 16.1. The third kappa shape index (κ3) is 3.27. The summed E-state index contributed by atoms with van der Waals surface area (Å²) in [5.74, 6) is 0.502. The molecule has 1 fully saturated rings. The Morgan fingerprint density at radius 3 is 3.00 bits per heavy atom. The fraction of sp³-hybridized carbons (Fsp3) is 0.545. The molecule has 1 saturated heterocycles. The molecule has 1 unspecified atom stereocenters. The molecule has 1 aromatic rings. The maximum atomic E-state index is 11.7. The Morgan fingerprint density at radius 2 is 2.31 bits per heavy atom. The second-order valence-corrected chi connectivity index (χ2v) is 4.09. The van der Waals surface area contributed by atoms with Crippen molar-refractivity contribution in [3.05, 3.63) is 18.7 Å². The Balaban J connectivity index is 1.80. The molecular weight excluding hydrogens is 204 g/mol. The Kier molecular flexibility index (Phi) is 3.82. The Labute approximate surface area is 94.7 Å². The topological polar surface area (TPSA) is 66.9 Å². The van der Waals surface area contributed by atoms with E-state index in [9.17, 15) is 4.79 Å². The summed E-state index contributed by atoms with van der Waals surface area (Å²) in [6, 6.07) is 0. The molecule has 1 aromatic heterocycles. The second-order valence-electron chi connectivity index (χ2n) is 4.09. The van der Waals surface area contributed by atoms with Gasteiger partial charge in [0.1, 0.15) is 6.33 Å². The lowest BCUT2D eigenvalue weighted by Crippen LogP contribution is -2.32. The normalized spacial score (nSPS) is 20.4. The van der Waals surface area contributed by atoms with Gasteiger partial charge in [0.05, 0.1) is 18.1 Å². The first kappa shape index (κ1) is 11.0. The summed E-state index contributed by atoms with van der Waals surface area (Å²) in [5.41, 5.74) is 0.663. The molecule has 0 spiro atoms. The van der Waals surface area contributed by atoms with E-state index in [1.54, 1.807) is 12.4 Å². The zero-order valence-corrected chi connectivity index (χ0v) is 9.15. The SMILES string of the molecule is O=C(CC1CCCNC1)Nc1cncnc1. The fourth-order valence-corrected chi connectivity index (χ4v) is 1.94. The van der Waals surface area contributed by atoms with Gasteiger partial charge in [-0.2, -0.15) is 0 Å². The smallest absolute Gasteiger partial charge is 0.224 e. The van der Waals surface area contributed by atoms with Crippen LogP contribution < -0.4 is 10.6 Å². The van der Waals surface area contributed by atoms with E-state index in [2.05, 4.69) is 20.6 Å². The van der Waals surface area contributed by atoms with Gasteiger partial charge in [0, 0.05) is 6.42 Å². The van der Waals surface area contributed by atoms with Crippen molar-refractivity contribution < 1.29 is 4.79 Å². The first-order valence-corrected chi connectivity index (χ1v) is 5.60. The maximum absolute atomic E-state index is 11.7. The molecule has 2 rings (SSSR count). The van der Waals surface area contributed by atoms with Crippen molar-refractivity contribution in [2.75, 3.05) is 18.4 Å². The molecule has 2 N–H and O–H groups in total. The number of aromatic nitrogens is 2. The number of hydrogen-bond acceptors (Lipinski definition) is 4. The first-order valence-electron chi connectivity index (χ1n) is 5.60. The summed E-state index contributed by atoms with van der Waals surface area (Å²) < 4.78 is 0. The predicted octanol–water partition coefficient (Wildman–Crippen LogP) is 0.805. The standard InChI is InChI=1S/C11H16N4O/c16-11(4-9-2-1-3-12-5-9)15-10-6-13-8-14-7-10/h6-9,12H,1-5H2,(H,15,16). The summed E-state index contributed by atoms with van der Waals surface area (Å²) in [4.78, 5) is 19.4. The van der Waals surface area contributed by atoms with Crippen LogP contribution >= 0.6 is 0 Å². The van der Waals surface area contributed by atoms with Crippen LogP contribution in [0.3, 0.4) is 0 Å². The van der Waals surface area contributed by atoms with E-state index in [0.29, 0.717) is 18.0 Å². The number of hydrogen-bond donors (Lipinski definition) is 2. The van der Waals surface area contributed by atoms with Crippen LogP contribution in [0.5, 0.6) is 0 Å². The molecule has 2 heterocycles. The zero-order valence-electron chi connectivity index (χ0n) is 9.15. The van der Waals surface area contributed by atoms with E-state index in [1.807, 2.05) is 0 Å². The number of carbonyl (C=O) groups is 1. The zero-order chi connectivity index (χ0) is 11.2. The minimum atomic E-state index is 0.0449. The Hall–Kier alpha value is -1.49. The number of carbonyl (C=O) groups excluding carboxylic acids is 1. The van der Waals surface area contributed by atoms with Crippen LogP contribution in [0.1, 0.15) is 19.3 Å². The molecular formula is C11H16N4O. The van der Waals surface area contributed by atoms with Gasteiger partial charge >= 0.3 is 0 Å². The van der Waals surface area contributed by atoms with Crippen LogP contribution in [0.25, 0.3) is 0 Å². The third-order valence-corrected chi connectivity index (χ3v) is 2.72. The summed E-state index contributed by atoms with van der Waals surface area (Å²) >= 11 is 0. The van der Waals surface area contributed by atoms with Crippen LogP contribution in [0, 0.1) is 5.92 Å². The molecule has 86 valence electrons. The molecule has 5 nitrogen and oxygen atoms in total. The van der Waals surface area contributed by atoms with Gasteiger partial charge in [0.15, 0.2) is 0 Å². The van der Waals surface area contributed by atoms with Crippen molar-refractivity contribution in [1.82, 2.24) is 15.3 Å². The molecule has 0 bridgehead atoms. The summed E-state index contributed by atoms with van der Waals surface area (Å²) in [6.07, 6.45) is 7.51. The Bertz CT molecular complexity index is 335. The van der Waals surface area contributed by atoms with Gasteiger partial charge in [-0.25, -0.2) is 9.97 Å². The van der Waals surface area contributed by atoms with Gasteiger partial charge in [0.25, 0.3) is 0 Å². The molecule has 1 aliphatic rings. The van der Waals surface area contributed by atoms with Crippen molar-refractivity contribution in [3.8, 4) is 0 Å². The quantitative estimate of drug-likeness (QED) is 0.791. The van der Waals surface area contributed by atoms with Gasteiger partial charge in [-0.15, -0.1) is 0 Å². The van der Waals surface area contributed by atoms with Crippen LogP contribution in [0.15, 0.2) is 18.7 Å². The van der Waals surface area contributed by atoms with Crippen LogP contribution in [-0.4, -0.2) is 29.0 Å². The third-order valence-electron chi connectivity index (χ3n) is 2.72. The highest BCUT2D eigenvalue weighted by Gasteiger charge is 2.16. The van der Waals surface area contributed by atoms with Crippen LogP contribution in [0.2, 0.25) is 0 Å². The van der Waals surface area contributed by atoms with Gasteiger partial charge < -0.3 is 10.6 Å². The van der Waals surface area contributed by atoms with Crippen molar-refractivity contribution >= 4 is 11.6 Å².